The van der Waals surface area contributed by atoms with Crippen molar-refractivity contribution >= 4 is 11.6 Å². The summed E-state index contributed by atoms with van der Waals surface area (Å²) in [6.45, 7) is -1.68. The van der Waals surface area contributed by atoms with E-state index < -0.39 is 34.7 Å². The van der Waals surface area contributed by atoms with Crippen molar-refractivity contribution in [2.24, 2.45) is 0 Å². The molecule has 1 N–H and O–H groups in total. The molecule has 0 atom stereocenters. The lowest BCUT2D eigenvalue weighted by atomic mass is 10.1. The molecule has 0 saturated heterocycles. The van der Waals surface area contributed by atoms with Gasteiger partial charge in [-0.05, 0) is 12.1 Å². The number of alkyl halides is 2. The molecule has 1 aromatic carbocycles. The van der Waals surface area contributed by atoms with Crippen LogP contribution in [0.4, 0.5) is 17.6 Å². The summed E-state index contributed by atoms with van der Waals surface area (Å²) in [5, 5.41) is 7.64. The Bertz CT molecular complexity index is 353. The van der Waals surface area contributed by atoms with Gasteiger partial charge in [0.25, 0.3) is 0 Å². The van der Waals surface area contributed by atoms with Crippen LogP contribution < -0.4 is 0 Å². The molecule has 78 valence electrons. The molecule has 1 rings (SSSR count). The van der Waals surface area contributed by atoms with Crippen LogP contribution in [0.25, 0.3) is 0 Å². The van der Waals surface area contributed by atoms with Crippen molar-refractivity contribution in [3.05, 3.63) is 34.4 Å². The highest BCUT2D eigenvalue weighted by atomic mass is 35.5. The van der Waals surface area contributed by atoms with Crippen LogP contribution in [0, 0.1) is 11.6 Å². The summed E-state index contributed by atoms with van der Waals surface area (Å²) in [7, 11) is 0. The summed E-state index contributed by atoms with van der Waals surface area (Å²) in [4.78, 5) is 0. The minimum Gasteiger partial charge on any atom is -0.390 e. The number of benzene rings is 1. The smallest absolute Gasteiger partial charge is 0.301 e. The van der Waals surface area contributed by atoms with Crippen LogP contribution in [0.5, 0.6) is 0 Å². The Morgan fingerprint density at radius 3 is 2.36 bits per heavy atom. The second-order valence-corrected chi connectivity index (χ2v) is 2.99. The van der Waals surface area contributed by atoms with Crippen molar-refractivity contribution in [1.29, 1.82) is 0 Å². The highest BCUT2D eigenvalue weighted by Crippen LogP contribution is 2.34. The number of hydrogen-bond acceptors (Lipinski definition) is 1. The molecule has 6 heteroatoms. The third kappa shape index (κ3) is 1.83. The Labute approximate surface area is 81.9 Å². The highest BCUT2D eigenvalue weighted by Gasteiger charge is 2.37. The number of hydrogen-bond donors (Lipinski definition) is 1. The fraction of sp³-hybridized carbons (Fsp3) is 0.250. The van der Waals surface area contributed by atoms with Crippen LogP contribution >= 0.6 is 11.6 Å². The first kappa shape index (κ1) is 11.3. The summed E-state index contributed by atoms with van der Waals surface area (Å²) in [6, 6.07) is 1.44. The third-order valence-corrected chi connectivity index (χ3v) is 1.90. The second-order valence-electron chi connectivity index (χ2n) is 2.58. The first-order valence-corrected chi connectivity index (χ1v) is 3.90. The van der Waals surface area contributed by atoms with E-state index in [9.17, 15) is 17.6 Å². The van der Waals surface area contributed by atoms with Crippen molar-refractivity contribution in [2.75, 3.05) is 6.61 Å². The Kier molecular flexibility index (Phi) is 3.01. The molecule has 1 aromatic rings. The van der Waals surface area contributed by atoms with Gasteiger partial charge in [0.05, 0.1) is 10.6 Å². The summed E-state index contributed by atoms with van der Waals surface area (Å²) in [5.41, 5.74) is -1.51. The van der Waals surface area contributed by atoms with Gasteiger partial charge in [0.15, 0.2) is 5.82 Å². The van der Waals surface area contributed by atoms with Crippen LogP contribution in [0.1, 0.15) is 5.56 Å². The van der Waals surface area contributed by atoms with Gasteiger partial charge >= 0.3 is 5.92 Å². The normalized spacial score (nSPS) is 11.9. The maximum absolute atomic E-state index is 13.0. The fourth-order valence-corrected chi connectivity index (χ4v) is 1.10. The molecular formula is C8H5ClF4O. The zero-order chi connectivity index (χ0) is 10.9. The molecule has 0 spiro atoms. The Morgan fingerprint density at radius 1 is 1.29 bits per heavy atom. The van der Waals surface area contributed by atoms with Gasteiger partial charge in [-0.1, -0.05) is 11.6 Å². The molecule has 0 heterocycles. The minimum atomic E-state index is -3.97. The molecule has 0 aliphatic heterocycles. The fourth-order valence-electron chi connectivity index (χ4n) is 0.941. The molecule has 14 heavy (non-hydrogen) atoms. The van der Waals surface area contributed by atoms with E-state index in [1.54, 1.807) is 0 Å². The predicted molar refractivity (Wildman–Crippen MR) is 42.3 cm³/mol. The molecule has 0 bridgehead atoms. The van der Waals surface area contributed by atoms with E-state index in [2.05, 4.69) is 0 Å². The SMILES string of the molecule is OCC(F)(F)c1c(F)ccc(Cl)c1F. The lowest BCUT2D eigenvalue weighted by molar-refractivity contribution is -0.0610. The standard InChI is InChI=1S/C8H5ClF4O/c9-4-1-2-5(10)6(7(4)11)8(12,13)3-14/h1-2,14H,3H2. The molecule has 0 fully saturated rings. The van der Waals surface area contributed by atoms with Crippen molar-refractivity contribution in [3.8, 4) is 0 Å². The molecule has 0 aromatic heterocycles. The Balaban J connectivity index is 3.40. The maximum atomic E-state index is 13.0. The summed E-state index contributed by atoms with van der Waals surface area (Å²) in [5.74, 6) is -6.96. The topological polar surface area (TPSA) is 20.2 Å². The number of halogens is 5. The second kappa shape index (κ2) is 3.74. The first-order valence-electron chi connectivity index (χ1n) is 3.53. The number of aliphatic hydroxyl groups excluding tert-OH is 1. The Hall–Kier alpha value is -0.810. The van der Waals surface area contributed by atoms with Crippen molar-refractivity contribution in [3.63, 3.8) is 0 Å². The van der Waals surface area contributed by atoms with Gasteiger partial charge in [0, 0.05) is 0 Å². The molecular weight excluding hydrogens is 224 g/mol. The van der Waals surface area contributed by atoms with Crippen LogP contribution in [0.3, 0.4) is 0 Å². The van der Waals surface area contributed by atoms with Crippen LogP contribution in [0.2, 0.25) is 5.02 Å². The quantitative estimate of drug-likeness (QED) is 0.610. The molecule has 0 unspecified atom stereocenters. The first-order chi connectivity index (χ1) is 6.40. The predicted octanol–water partition coefficient (Wildman–Crippen LogP) is 2.70. The van der Waals surface area contributed by atoms with E-state index in [1.807, 2.05) is 0 Å². The largest absolute Gasteiger partial charge is 0.390 e. The van der Waals surface area contributed by atoms with E-state index in [-0.39, 0.29) is 0 Å². The minimum absolute atomic E-state index is 0.615. The zero-order valence-corrected chi connectivity index (χ0v) is 7.45. The average Bonchev–Trinajstić information content (AvgIpc) is 2.12. The van der Waals surface area contributed by atoms with E-state index in [0.29, 0.717) is 6.07 Å². The molecule has 0 amide bonds. The zero-order valence-electron chi connectivity index (χ0n) is 6.70. The monoisotopic (exact) mass is 228 g/mol. The lowest BCUT2D eigenvalue weighted by Gasteiger charge is -2.15. The van der Waals surface area contributed by atoms with Gasteiger partial charge in [0.1, 0.15) is 12.4 Å². The van der Waals surface area contributed by atoms with Gasteiger partial charge < -0.3 is 5.11 Å². The van der Waals surface area contributed by atoms with Crippen LogP contribution in [-0.2, 0) is 5.92 Å². The van der Waals surface area contributed by atoms with E-state index in [0.717, 1.165) is 6.07 Å². The molecule has 0 radical (unpaired) electrons. The van der Waals surface area contributed by atoms with E-state index in [4.69, 9.17) is 16.7 Å². The highest BCUT2D eigenvalue weighted by molar-refractivity contribution is 6.30. The average molecular weight is 229 g/mol. The summed E-state index contributed by atoms with van der Waals surface area (Å²) < 4.78 is 51.4. The molecule has 0 aliphatic rings. The van der Waals surface area contributed by atoms with Gasteiger partial charge in [-0.3, -0.25) is 0 Å². The van der Waals surface area contributed by atoms with E-state index >= 15 is 0 Å². The van der Waals surface area contributed by atoms with Crippen molar-refractivity contribution < 1.29 is 22.7 Å². The molecule has 0 saturated carbocycles. The van der Waals surface area contributed by atoms with Gasteiger partial charge in [0.2, 0.25) is 0 Å². The Morgan fingerprint density at radius 2 is 1.86 bits per heavy atom. The van der Waals surface area contributed by atoms with Gasteiger partial charge in [-0.2, -0.15) is 8.78 Å². The van der Waals surface area contributed by atoms with E-state index in [1.165, 1.54) is 0 Å². The number of aliphatic hydroxyl groups is 1. The van der Waals surface area contributed by atoms with Crippen LogP contribution in [0.15, 0.2) is 12.1 Å². The lowest BCUT2D eigenvalue weighted by Crippen LogP contribution is -2.22. The van der Waals surface area contributed by atoms with Crippen LogP contribution in [-0.4, -0.2) is 11.7 Å². The van der Waals surface area contributed by atoms with Crippen molar-refractivity contribution in [2.45, 2.75) is 5.92 Å². The number of rotatable bonds is 2. The third-order valence-electron chi connectivity index (χ3n) is 1.61. The summed E-state index contributed by atoms with van der Waals surface area (Å²) >= 11 is 5.19. The molecule has 0 aliphatic carbocycles. The summed E-state index contributed by atoms with van der Waals surface area (Å²) in [6.07, 6.45) is 0. The van der Waals surface area contributed by atoms with Gasteiger partial charge in [-0.15, -0.1) is 0 Å². The van der Waals surface area contributed by atoms with Crippen molar-refractivity contribution in [1.82, 2.24) is 0 Å². The molecule has 1 nitrogen and oxygen atoms in total. The maximum Gasteiger partial charge on any atom is 0.301 e. The van der Waals surface area contributed by atoms with Gasteiger partial charge in [-0.25, -0.2) is 8.78 Å².